The molecule has 0 radical (unpaired) electrons. The molecule has 0 aromatic rings. The van der Waals surface area contributed by atoms with Crippen molar-refractivity contribution in [3.8, 4) is 0 Å². The Morgan fingerprint density at radius 3 is 1.26 bits per heavy atom. The van der Waals surface area contributed by atoms with Gasteiger partial charge in [-0.2, -0.15) is 0 Å². The molecule has 2 N–H and O–H groups in total. The van der Waals surface area contributed by atoms with Crippen molar-refractivity contribution in [2.24, 2.45) is 5.73 Å². The lowest BCUT2D eigenvalue weighted by Gasteiger charge is -2.16. The molecule has 0 rings (SSSR count). The highest BCUT2D eigenvalue weighted by molar-refractivity contribution is 4.81. The minimum Gasteiger partial charge on any atom is -0.379 e. The third-order valence-electron chi connectivity index (χ3n) is 7.72. The molecule has 0 aliphatic heterocycles. The zero-order valence-corrected chi connectivity index (χ0v) is 26.3. The van der Waals surface area contributed by atoms with Crippen molar-refractivity contribution >= 4 is 0 Å². The topological polar surface area (TPSA) is 44.5 Å². The van der Waals surface area contributed by atoms with E-state index in [0.717, 1.165) is 19.6 Å². The Labute approximate surface area is 240 Å². The van der Waals surface area contributed by atoms with Crippen molar-refractivity contribution < 1.29 is 9.47 Å². The van der Waals surface area contributed by atoms with Crippen LogP contribution in [0, 0.1) is 0 Å². The zero-order chi connectivity index (χ0) is 27.6. The number of rotatable bonds is 33. The van der Waals surface area contributed by atoms with Gasteiger partial charge in [0.2, 0.25) is 0 Å². The first-order valence-electron chi connectivity index (χ1n) is 17.4. The maximum absolute atomic E-state index is 5.96. The van der Waals surface area contributed by atoms with Gasteiger partial charge in [-0.25, -0.2) is 0 Å². The molecule has 0 aromatic carbocycles. The molecule has 1 unspecified atom stereocenters. The summed E-state index contributed by atoms with van der Waals surface area (Å²) < 4.78 is 11.8. The van der Waals surface area contributed by atoms with E-state index in [-0.39, 0.29) is 6.10 Å². The first-order valence-corrected chi connectivity index (χ1v) is 17.4. The van der Waals surface area contributed by atoms with Gasteiger partial charge in [-0.3, -0.25) is 0 Å². The summed E-state index contributed by atoms with van der Waals surface area (Å²) >= 11 is 0. The number of unbranched alkanes of at least 4 members (excludes halogenated alkanes) is 23. The molecule has 0 aromatic heterocycles. The van der Waals surface area contributed by atoms with Gasteiger partial charge < -0.3 is 15.2 Å². The van der Waals surface area contributed by atoms with Crippen LogP contribution in [0.5, 0.6) is 0 Å². The zero-order valence-electron chi connectivity index (χ0n) is 26.3. The first-order chi connectivity index (χ1) is 18.8. The fourth-order valence-electron chi connectivity index (χ4n) is 5.04. The van der Waals surface area contributed by atoms with Crippen molar-refractivity contribution in [2.45, 2.75) is 187 Å². The van der Waals surface area contributed by atoms with Crippen LogP contribution in [-0.4, -0.2) is 32.5 Å². The Bertz CT molecular complexity index is 440. The summed E-state index contributed by atoms with van der Waals surface area (Å²) in [6, 6.07) is 0. The largest absolute Gasteiger partial charge is 0.379 e. The van der Waals surface area contributed by atoms with Crippen LogP contribution in [0.3, 0.4) is 0 Å². The maximum Gasteiger partial charge on any atom is 0.0930 e. The second kappa shape index (κ2) is 34.6. The molecule has 0 aliphatic carbocycles. The van der Waals surface area contributed by atoms with E-state index in [9.17, 15) is 0 Å². The van der Waals surface area contributed by atoms with E-state index in [1.165, 1.54) is 161 Å². The third-order valence-corrected chi connectivity index (χ3v) is 7.72. The van der Waals surface area contributed by atoms with Crippen molar-refractivity contribution in [2.75, 3.05) is 26.4 Å². The summed E-state index contributed by atoms with van der Waals surface area (Å²) in [4.78, 5) is 0. The normalized spacial score (nSPS) is 12.6. The Balaban J connectivity index is 3.29. The molecule has 0 spiro atoms. The van der Waals surface area contributed by atoms with Crippen molar-refractivity contribution in [1.82, 2.24) is 0 Å². The lowest BCUT2D eigenvalue weighted by molar-refractivity contribution is -0.0136. The Hall–Kier alpha value is -0.380. The van der Waals surface area contributed by atoms with Crippen molar-refractivity contribution in [3.05, 3.63) is 12.2 Å². The summed E-state index contributed by atoms with van der Waals surface area (Å²) in [6.45, 7) is 7.46. The number of ether oxygens (including phenoxy) is 2. The highest BCUT2D eigenvalue weighted by Gasteiger charge is 2.06. The molecular formula is C35H71NO2. The predicted molar refractivity (Wildman–Crippen MR) is 170 cm³/mol. The van der Waals surface area contributed by atoms with E-state index in [1.54, 1.807) is 0 Å². The molecule has 3 heteroatoms. The van der Waals surface area contributed by atoms with Crippen molar-refractivity contribution in [1.29, 1.82) is 0 Å². The second-order valence-corrected chi connectivity index (χ2v) is 11.6. The van der Waals surface area contributed by atoms with Crippen molar-refractivity contribution in [3.63, 3.8) is 0 Å². The van der Waals surface area contributed by atoms with Crippen LogP contribution < -0.4 is 5.73 Å². The molecule has 0 saturated heterocycles. The van der Waals surface area contributed by atoms with Crippen LogP contribution in [-0.2, 0) is 9.47 Å². The molecular weight excluding hydrogens is 466 g/mol. The summed E-state index contributed by atoms with van der Waals surface area (Å²) in [6.07, 6.45) is 40.2. The van der Waals surface area contributed by atoms with Gasteiger partial charge >= 0.3 is 0 Å². The summed E-state index contributed by atoms with van der Waals surface area (Å²) in [7, 11) is 0. The van der Waals surface area contributed by atoms with Gasteiger partial charge in [-0.05, 0) is 38.5 Å². The Morgan fingerprint density at radius 1 is 0.474 bits per heavy atom. The molecule has 0 heterocycles. The van der Waals surface area contributed by atoms with Crippen LogP contribution in [0.4, 0.5) is 0 Å². The highest BCUT2D eigenvalue weighted by Crippen LogP contribution is 2.13. The molecule has 228 valence electrons. The third kappa shape index (κ3) is 31.8. The highest BCUT2D eigenvalue weighted by atomic mass is 16.5. The lowest BCUT2D eigenvalue weighted by Crippen LogP contribution is -2.29. The van der Waals surface area contributed by atoms with Gasteiger partial charge in [0.05, 0.1) is 12.7 Å². The average Bonchev–Trinajstić information content (AvgIpc) is 2.93. The van der Waals surface area contributed by atoms with Gasteiger partial charge in [0, 0.05) is 19.8 Å². The molecule has 0 bridgehead atoms. The summed E-state index contributed by atoms with van der Waals surface area (Å²) in [5.41, 5.74) is 5.89. The van der Waals surface area contributed by atoms with Gasteiger partial charge in [0.25, 0.3) is 0 Å². The average molecular weight is 538 g/mol. The SMILES string of the molecule is CCCCCCCC/C=C/CCCCCCCCOC(CN)COCCCCCCCCCCCCCC. The summed E-state index contributed by atoms with van der Waals surface area (Å²) in [5.74, 6) is 0. The Morgan fingerprint density at radius 2 is 0.842 bits per heavy atom. The minimum atomic E-state index is 0.0652. The van der Waals surface area contributed by atoms with E-state index in [4.69, 9.17) is 15.2 Å². The molecule has 0 saturated carbocycles. The van der Waals surface area contributed by atoms with Gasteiger partial charge in [-0.15, -0.1) is 0 Å². The van der Waals surface area contributed by atoms with E-state index in [2.05, 4.69) is 26.0 Å². The van der Waals surface area contributed by atoms with E-state index >= 15 is 0 Å². The monoisotopic (exact) mass is 538 g/mol. The van der Waals surface area contributed by atoms with E-state index < -0.39 is 0 Å². The van der Waals surface area contributed by atoms with Crippen LogP contribution in [0.1, 0.15) is 181 Å². The van der Waals surface area contributed by atoms with Gasteiger partial charge in [0.1, 0.15) is 0 Å². The van der Waals surface area contributed by atoms with E-state index in [0.29, 0.717) is 13.2 Å². The van der Waals surface area contributed by atoms with Gasteiger partial charge in [0.15, 0.2) is 0 Å². The first kappa shape index (κ1) is 37.6. The van der Waals surface area contributed by atoms with Crippen LogP contribution in [0.25, 0.3) is 0 Å². The molecule has 0 amide bonds. The smallest absolute Gasteiger partial charge is 0.0930 e. The number of allylic oxidation sites excluding steroid dienone is 2. The van der Waals surface area contributed by atoms with Crippen LogP contribution >= 0.6 is 0 Å². The second-order valence-electron chi connectivity index (χ2n) is 11.6. The summed E-state index contributed by atoms with van der Waals surface area (Å²) in [5, 5.41) is 0. The fraction of sp³-hybridized carbons (Fsp3) is 0.943. The van der Waals surface area contributed by atoms with Gasteiger partial charge in [-0.1, -0.05) is 154 Å². The molecule has 0 aliphatic rings. The molecule has 3 nitrogen and oxygen atoms in total. The van der Waals surface area contributed by atoms with E-state index in [1.807, 2.05) is 0 Å². The number of hydrogen-bond donors (Lipinski definition) is 1. The predicted octanol–water partition coefficient (Wildman–Crippen LogP) is 11.1. The number of hydrogen-bond acceptors (Lipinski definition) is 3. The molecule has 38 heavy (non-hydrogen) atoms. The lowest BCUT2D eigenvalue weighted by atomic mass is 10.1. The molecule has 0 fully saturated rings. The van der Waals surface area contributed by atoms with Crippen LogP contribution in [0.2, 0.25) is 0 Å². The maximum atomic E-state index is 5.96. The molecule has 1 atom stereocenters. The minimum absolute atomic E-state index is 0.0652. The van der Waals surface area contributed by atoms with Crippen LogP contribution in [0.15, 0.2) is 12.2 Å². The Kier molecular flexibility index (Phi) is 34.3. The number of nitrogens with two attached hydrogens (primary N) is 1. The fourth-order valence-corrected chi connectivity index (χ4v) is 5.04. The standard InChI is InChI=1S/C35H71NO2/c1-3-5-7-9-11-13-15-17-18-19-20-22-24-26-28-30-32-38-35(33-36)34-37-31-29-27-25-23-21-16-14-12-10-8-6-4-2/h17-18,35H,3-16,19-34,36H2,1-2H3/b18-17+. The quantitative estimate of drug-likeness (QED) is 0.0668.